The number of rotatable bonds is 6. The molecule has 1 atom stereocenters. The van der Waals surface area contributed by atoms with Gasteiger partial charge in [-0.3, -0.25) is 4.99 Å². The number of guanidine groups is 1. The maximum Gasteiger partial charge on any atom is 0.191 e. The molecule has 0 bridgehead atoms. The third kappa shape index (κ3) is 6.25. The number of nitrogens with one attached hydrogen (secondary N) is 2. The summed E-state index contributed by atoms with van der Waals surface area (Å²) in [6.07, 6.45) is 0. The minimum absolute atomic E-state index is 0. The molecule has 0 aliphatic carbocycles. The first-order chi connectivity index (χ1) is 12.0. The maximum atomic E-state index is 13.7. The minimum Gasteiger partial charge on any atom is -0.380 e. The molecule has 2 rings (SSSR count). The fourth-order valence-electron chi connectivity index (χ4n) is 2.74. The Labute approximate surface area is 172 Å². The summed E-state index contributed by atoms with van der Waals surface area (Å²) < 4.78 is 18.7. The van der Waals surface area contributed by atoms with E-state index in [1.54, 1.807) is 20.2 Å². The van der Waals surface area contributed by atoms with Crippen LogP contribution in [-0.4, -0.2) is 20.1 Å². The molecular formula is C20H27FIN3O. The highest BCUT2D eigenvalue weighted by molar-refractivity contribution is 14.0. The van der Waals surface area contributed by atoms with Crippen LogP contribution in [0.3, 0.4) is 0 Å². The molecule has 6 heteroatoms. The molecule has 4 nitrogen and oxygen atoms in total. The summed E-state index contributed by atoms with van der Waals surface area (Å²) in [6, 6.07) is 13.4. The van der Waals surface area contributed by atoms with Crippen molar-refractivity contribution in [2.45, 2.75) is 33.0 Å². The van der Waals surface area contributed by atoms with E-state index in [1.165, 1.54) is 17.2 Å². The lowest BCUT2D eigenvalue weighted by molar-refractivity contribution is 0.181. The van der Waals surface area contributed by atoms with Gasteiger partial charge in [-0.05, 0) is 42.7 Å². The topological polar surface area (TPSA) is 45.7 Å². The molecule has 26 heavy (non-hydrogen) atoms. The Morgan fingerprint density at radius 3 is 2.62 bits per heavy atom. The Morgan fingerprint density at radius 2 is 1.96 bits per heavy atom. The number of aryl methyl sites for hydroxylation is 1. The summed E-state index contributed by atoms with van der Waals surface area (Å²) in [6.45, 7) is 5.01. The first kappa shape index (κ1) is 22.4. The lowest BCUT2D eigenvalue weighted by Gasteiger charge is -2.20. The highest BCUT2D eigenvalue weighted by Gasteiger charge is 2.10. The van der Waals surface area contributed by atoms with Gasteiger partial charge in [-0.25, -0.2) is 4.39 Å². The van der Waals surface area contributed by atoms with E-state index in [1.807, 2.05) is 18.2 Å². The summed E-state index contributed by atoms with van der Waals surface area (Å²) in [5, 5.41) is 6.66. The highest BCUT2D eigenvalue weighted by atomic mass is 127. The largest absolute Gasteiger partial charge is 0.380 e. The monoisotopic (exact) mass is 471 g/mol. The Kier molecular flexibility index (Phi) is 9.58. The second-order valence-corrected chi connectivity index (χ2v) is 6.01. The lowest BCUT2D eigenvalue weighted by Crippen LogP contribution is -2.38. The molecule has 1 unspecified atom stereocenters. The molecule has 0 heterocycles. The van der Waals surface area contributed by atoms with Crippen molar-refractivity contribution in [1.29, 1.82) is 0 Å². The molecule has 0 aromatic heterocycles. The number of nitrogens with zero attached hydrogens (tertiary/aromatic N) is 1. The van der Waals surface area contributed by atoms with Crippen LogP contribution in [0.2, 0.25) is 0 Å². The summed E-state index contributed by atoms with van der Waals surface area (Å²) >= 11 is 0. The summed E-state index contributed by atoms with van der Waals surface area (Å²) in [4.78, 5) is 4.27. The molecule has 0 saturated heterocycles. The van der Waals surface area contributed by atoms with Crippen molar-refractivity contribution in [3.05, 3.63) is 70.5 Å². The molecule has 0 fully saturated rings. The predicted molar refractivity (Wildman–Crippen MR) is 115 cm³/mol. The Balaban J connectivity index is 0.00000338. The van der Waals surface area contributed by atoms with E-state index in [0.717, 1.165) is 5.56 Å². The second-order valence-electron chi connectivity index (χ2n) is 6.01. The quantitative estimate of drug-likeness (QED) is 0.375. The van der Waals surface area contributed by atoms with Gasteiger partial charge in [-0.1, -0.05) is 30.3 Å². The first-order valence-corrected chi connectivity index (χ1v) is 8.34. The summed E-state index contributed by atoms with van der Waals surface area (Å²) in [5.74, 6) is 0.453. The van der Waals surface area contributed by atoms with E-state index >= 15 is 0 Å². The number of benzene rings is 2. The van der Waals surface area contributed by atoms with E-state index in [-0.39, 0.29) is 42.4 Å². The average Bonchev–Trinajstić information content (AvgIpc) is 2.61. The van der Waals surface area contributed by atoms with Gasteiger partial charge in [0.15, 0.2) is 5.96 Å². The number of ether oxygens (including phenoxy) is 1. The SMILES string of the molecule is CN=C(NCc1ccc(F)c(COC)c1)NC(C)c1ccccc1C.I. The first-order valence-electron chi connectivity index (χ1n) is 8.34. The number of aliphatic imine (C=N–C) groups is 1. The average molecular weight is 471 g/mol. The fraction of sp³-hybridized carbons (Fsp3) is 0.350. The zero-order valence-electron chi connectivity index (χ0n) is 15.7. The van der Waals surface area contributed by atoms with Crippen LogP contribution < -0.4 is 10.6 Å². The van der Waals surface area contributed by atoms with Gasteiger partial charge in [-0.15, -0.1) is 24.0 Å². The van der Waals surface area contributed by atoms with Gasteiger partial charge in [0.05, 0.1) is 12.6 Å². The van der Waals surface area contributed by atoms with Crippen LogP contribution in [0.25, 0.3) is 0 Å². The van der Waals surface area contributed by atoms with Crippen LogP contribution >= 0.6 is 24.0 Å². The van der Waals surface area contributed by atoms with Crippen molar-refractivity contribution < 1.29 is 9.13 Å². The zero-order chi connectivity index (χ0) is 18.2. The minimum atomic E-state index is -0.249. The molecule has 142 valence electrons. The molecular weight excluding hydrogens is 444 g/mol. The van der Waals surface area contributed by atoms with E-state index in [4.69, 9.17) is 4.74 Å². The van der Waals surface area contributed by atoms with Crippen LogP contribution in [0.1, 0.15) is 35.2 Å². The van der Waals surface area contributed by atoms with Gasteiger partial charge in [0.1, 0.15) is 5.82 Å². The van der Waals surface area contributed by atoms with Crippen LogP contribution in [0.5, 0.6) is 0 Å². The Bertz CT molecular complexity index is 737. The van der Waals surface area contributed by atoms with Crippen molar-refractivity contribution in [3.8, 4) is 0 Å². The molecule has 2 N–H and O–H groups in total. The fourth-order valence-corrected chi connectivity index (χ4v) is 2.74. The molecule has 0 aliphatic heterocycles. The van der Waals surface area contributed by atoms with Crippen molar-refractivity contribution in [2.24, 2.45) is 4.99 Å². The molecule has 0 aliphatic rings. The van der Waals surface area contributed by atoms with E-state index in [2.05, 4.69) is 41.6 Å². The third-order valence-corrected chi connectivity index (χ3v) is 4.10. The number of hydrogen-bond donors (Lipinski definition) is 2. The number of methoxy groups -OCH3 is 1. The van der Waals surface area contributed by atoms with Crippen molar-refractivity contribution in [2.75, 3.05) is 14.2 Å². The van der Waals surface area contributed by atoms with Crippen LogP contribution in [0, 0.1) is 12.7 Å². The summed E-state index contributed by atoms with van der Waals surface area (Å²) in [5.41, 5.74) is 3.99. The number of hydrogen-bond acceptors (Lipinski definition) is 2. The van der Waals surface area contributed by atoms with Crippen molar-refractivity contribution in [1.82, 2.24) is 10.6 Å². The zero-order valence-corrected chi connectivity index (χ0v) is 18.0. The van der Waals surface area contributed by atoms with Crippen LogP contribution in [0.4, 0.5) is 4.39 Å². The molecule has 0 saturated carbocycles. The Hall–Kier alpha value is -1.67. The van der Waals surface area contributed by atoms with Crippen LogP contribution in [0.15, 0.2) is 47.5 Å². The smallest absolute Gasteiger partial charge is 0.191 e. The Morgan fingerprint density at radius 1 is 1.23 bits per heavy atom. The van der Waals surface area contributed by atoms with Gasteiger partial charge >= 0.3 is 0 Å². The van der Waals surface area contributed by atoms with Gasteiger partial charge in [0.25, 0.3) is 0 Å². The van der Waals surface area contributed by atoms with E-state index < -0.39 is 0 Å². The van der Waals surface area contributed by atoms with E-state index in [9.17, 15) is 4.39 Å². The third-order valence-electron chi connectivity index (χ3n) is 4.10. The van der Waals surface area contributed by atoms with Crippen LogP contribution in [-0.2, 0) is 17.9 Å². The van der Waals surface area contributed by atoms with Crippen molar-refractivity contribution >= 4 is 29.9 Å². The summed E-state index contributed by atoms with van der Waals surface area (Å²) in [7, 11) is 3.30. The van der Waals surface area contributed by atoms with Gasteiger partial charge in [-0.2, -0.15) is 0 Å². The maximum absolute atomic E-state index is 13.7. The molecule has 0 radical (unpaired) electrons. The van der Waals surface area contributed by atoms with Gasteiger partial charge < -0.3 is 15.4 Å². The molecule has 0 spiro atoms. The van der Waals surface area contributed by atoms with E-state index in [0.29, 0.717) is 18.1 Å². The normalized spacial score (nSPS) is 12.3. The molecule has 2 aromatic rings. The number of halogens is 2. The van der Waals surface area contributed by atoms with Gasteiger partial charge in [0, 0.05) is 26.3 Å². The molecule has 0 amide bonds. The lowest BCUT2D eigenvalue weighted by atomic mass is 10.0. The molecule has 2 aromatic carbocycles. The second kappa shape index (κ2) is 11.1. The van der Waals surface area contributed by atoms with Crippen molar-refractivity contribution in [3.63, 3.8) is 0 Å². The predicted octanol–water partition coefficient (Wildman–Crippen LogP) is 4.32. The standard InChI is InChI=1S/C20H26FN3O.HI/c1-14-7-5-6-8-18(14)15(2)24-20(22-3)23-12-16-9-10-19(21)17(11-16)13-25-4;/h5-11,15H,12-13H2,1-4H3,(H2,22,23,24);1H. The highest BCUT2D eigenvalue weighted by Crippen LogP contribution is 2.16. The van der Waals surface area contributed by atoms with Gasteiger partial charge in [0.2, 0.25) is 0 Å².